The van der Waals surface area contributed by atoms with Crippen LogP contribution in [0.25, 0.3) is 0 Å². The molecule has 3 unspecified atom stereocenters. The van der Waals surface area contributed by atoms with Crippen LogP contribution in [0.2, 0.25) is 10.0 Å². The molecule has 0 aromatic heterocycles. The molecule has 0 spiro atoms. The van der Waals surface area contributed by atoms with Crippen molar-refractivity contribution >= 4 is 23.2 Å². The van der Waals surface area contributed by atoms with Crippen LogP contribution in [0.1, 0.15) is 30.9 Å². The Kier molecular flexibility index (Phi) is 3.07. The molecule has 2 fully saturated rings. The van der Waals surface area contributed by atoms with Gasteiger partial charge in [0.05, 0.1) is 10.0 Å². The van der Waals surface area contributed by atoms with Gasteiger partial charge in [-0.2, -0.15) is 0 Å². The first-order valence-corrected chi connectivity index (χ1v) is 6.85. The fraction of sp³-hybridized carbons (Fsp3) is 0.538. The van der Waals surface area contributed by atoms with Gasteiger partial charge in [-0.1, -0.05) is 29.3 Å². The van der Waals surface area contributed by atoms with E-state index >= 15 is 0 Å². The van der Waals surface area contributed by atoms with Crippen molar-refractivity contribution in [1.82, 2.24) is 5.43 Å². The zero-order chi connectivity index (χ0) is 12.0. The van der Waals surface area contributed by atoms with E-state index in [0.717, 1.165) is 17.4 Å². The summed E-state index contributed by atoms with van der Waals surface area (Å²) in [5.74, 6) is 8.26. The molecule has 3 N–H and O–H groups in total. The molecule has 0 aliphatic heterocycles. The first-order valence-electron chi connectivity index (χ1n) is 6.10. The van der Waals surface area contributed by atoms with Crippen molar-refractivity contribution in [2.75, 3.05) is 0 Å². The van der Waals surface area contributed by atoms with Gasteiger partial charge in [0, 0.05) is 6.04 Å². The van der Waals surface area contributed by atoms with Crippen LogP contribution >= 0.6 is 23.2 Å². The van der Waals surface area contributed by atoms with Crippen LogP contribution in [0.5, 0.6) is 0 Å². The Hall–Kier alpha value is -0.280. The Labute approximate surface area is 111 Å². The molecule has 1 aromatic carbocycles. The highest BCUT2D eigenvalue weighted by Crippen LogP contribution is 2.57. The molecule has 2 aliphatic carbocycles. The van der Waals surface area contributed by atoms with Gasteiger partial charge in [-0.05, 0) is 54.7 Å². The van der Waals surface area contributed by atoms with Crippen molar-refractivity contribution in [2.45, 2.75) is 25.3 Å². The number of hydrogen-bond donors (Lipinski definition) is 2. The minimum Gasteiger partial charge on any atom is -0.271 e. The van der Waals surface area contributed by atoms with Gasteiger partial charge >= 0.3 is 0 Å². The first-order chi connectivity index (χ1) is 8.19. The van der Waals surface area contributed by atoms with Crippen LogP contribution in [0.4, 0.5) is 0 Å². The van der Waals surface area contributed by atoms with Crippen molar-refractivity contribution in [3.63, 3.8) is 0 Å². The van der Waals surface area contributed by atoms with Crippen LogP contribution in [-0.2, 0) is 0 Å². The van der Waals surface area contributed by atoms with Crippen molar-refractivity contribution < 1.29 is 0 Å². The second kappa shape index (κ2) is 4.43. The van der Waals surface area contributed by atoms with Gasteiger partial charge in [0.25, 0.3) is 0 Å². The lowest BCUT2D eigenvalue weighted by atomic mass is 9.89. The Morgan fingerprint density at radius 2 is 1.82 bits per heavy atom. The predicted molar refractivity (Wildman–Crippen MR) is 70.8 cm³/mol. The second-order valence-electron chi connectivity index (χ2n) is 5.31. The van der Waals surface area contributed by atoms with E-state index in [1.54, 1.807) is 0 Å². The van der Waals surface area contributed by atoms with E-state index in [1.807, 2.05) is 18.2 Å². The lowest BCUT2D eigenvalue weighted by Crippen LogP contribution is -2.33. The molecule has 1 aromatic rings. The summed E-state index contributed by atoms with van der Waals surface area (Å²) in [6.45, 7) is 0. The van der Waals surface area contributed by atoms with Gasteiger partial charge in [-0.3, -0.25) is 11.3 Å². The molecule has 3 atom stereocenters. The zero-order valence-corrected chi connectivity index (χ0v) is 11.0. The molecule has 0 amide bonds. The normalized spacial score (nSPS) is 32.3. The summed E-state index contributed by atoms with van der Waals surface area (Å²) in [5, 5.41) is 1.20. The SMILES string of the molecule is NNC(c1ccc(Cl)c(Cl)c1)C1CC2CC2C1. The quantitative estimate of drug-likeness (QED) is 0.651. The predicted octanol–water partition coefficient (Wildman–Crippen LogP) is 3.54. The summed E-state index contributed by atoms with van der Waals surface area (Å²) in [6.07, 6.45) is 4.01. The Morgan fingerprint density at radius 3 is 2.41 bits per heavy atom. The van der Waals surface area contributed by atoms with E-state index in [0.29, 0.717) is 16.0 Å². The number of halogens is 2. The molecule has 3 rings (SSSR count). The highest BCUT2D eigenvalue weighted by molar-refractivity contribution is 6.42. The smallest absolute Gasteiger partial charge is 0.0595 e. The minimum absolute atomic E-state index is 0.206. The topological polar surface area (TPSA) is 38.0 Å². The highest BCUT2D eigenvalue weighted by Gasteiger charge is 2.47. The van der Waals surface area contributed by atoms with E-state index in [1.165, 1.54) is 19.3 Å². The molecule has 0 radical (unpaired) electrons. The van der Waals surface area contributed by atoms with Gasteiger partial charge in [-0.15, -0.1) is 0 Å². The Morgan fingerprint density at radius 1 is 1.12 bits per heavy atom. The third-order valence-corrected chi connectivity index (χ3v) is 4.97. The van der Waals surface area contributed by atoms with Crippen LogP contribution in [0.3, 0.4) is 0 Å². The van der Waals surface area contributed by atoms with E-state index in [2.05, 4.69) is 5.43 Å². The molecule has 4 heteroatoms. The van der Waals surface area contributed by atoms with Crippen molar-refractivity contribution in [1.29, 1.82) is 0 Å². The molecule has 92 valence electrons. The van der Waals surface area contributed by atoms with Gasteiger partial charge in [-0.25, -0.2) is 0 Å². The fourth-order valence-corrected chi connectivity index (χ4v) is 3.55. The second-order valence-corrected chi connectivity index (χ2v) is 6.12. The average Bonchev–Trinajstić information content (AvgIpc) is 2.92. The van der Waals surface area contributed by atoms with E-state index < -0.39 is 0 Å². The Bertz CT molecular complexity index is 425. The molecule has 0 saturated heterocycles. The van der Waals surface area contributed by atoms with Crippen LogP contribution in [0.15, 0.2) is 18.2 Å². The maximum absolute atomic E-state index is 6.06. The van der Waals surface area contributed by atoms with Crippen LogP contribution in [0, 0.1) is 17.8 Å². The van der Waals surface area contributed by atoms with Crippen molar-refractivity contribution in [3.8, 4) is 0 Å². The van der Waals surface area contributed by atoms with Gasteiger partial charge in [0.1, 0.15) is 0 Å². The summed E-state index contributed by atoms with van der Waals surface area (Å²) in [7, 11) is 0. The molecule has 2 saturated carbocycles. The lowest BCUT2D eigenvalue weighted by molar-refractivity contribution is 0.346. The van der Waals surface area contributed by atoms with Crippen LogP contribution in [-0.4, -0.2) is 0 Å². The number of rotatable bonds is 3. The number of hydrazine groups is 1. The maximum atomic E-state index is 6.06. The van der Waals surface area contributed by atoms with Crippen LogP contribution < -0.4 is 11.3 Å². The fourth-order valence-electron chi connectivity index (χ4n) is 3.24. The summed E-state index contributed by atoms with van der Waals surface area (Å²) in [5.41, 5.74) is 4.09. The molecular formula is C13H16Cl2N2. The average molecular weight is 271 g/mol. The number of benzene rings is 1. The summed E-state index contributed by atoms with van der Waals surface area (Å²) in [4.78, 5) is 0. The van der Waals surface area contributed by atoms with Gasteiger partial charge in [0.2, 0.25) is 0 Å². The van der Waals surface area contributed by atoms with E-state index in [9.17, 15) is 0 Å². The van der Waals surface area contributed by atoms with E-state index in [-0.39, 0.29) is 6.04 Å². The van der Waals surface area contributed by atoms with E-state index in [4.69, 9.17) is 29.0 Å². The number of nitrogens with two attached hydrogens (primary N) is 1. The molecule has 0 heterocycles. The lowest BCUT2D eigenvalue weighted by Gasteiger charge is -2.24. The summed E-state index contributed by atoms with van der Waals surface area (Å²) < 4.78 is 0. The highest BCUT2D eigenvalue weighted by atomic mass is 35.5. The Balaban J connectivity index is 1.81. The third-order valence-electron chi connectivity index (χ3n) is 4.23. The first kappa shape index (κ1) is 11.8. The summed E-state index contributed by atoms with van der Waals surface area (Å²) in [6, 6.07) is 6.00. The molecular weight excluding hydrogens is 255 g/mol. The number of fused-ring (bicyclic) bond motifs is 1. The number of nitrogens with one attached hydrogen (secondary N) is 1. The minimum atomic E-state index is 0.206. The molecule has 0 bridgehead atoms. The van der Waals surface area contributed by atoms with Crippen molar-refractivity contribution in [2.24, 2.45) is 23.6 Å². The van der Waals surface area contributed by atoms with Gasteiger partial charge in [0.15, 0.2) is 0 Å². The third kappa shape index (κ3) is 2.19. The largest absolute Gasteiger partial charge is 0.271 e. The van der Waals surface area contributed by atoms with Gasteiger partial charge < -0.3 is 0 Å². The number of hydrogen-bond acceptors (Lipinski definition) is 2. The zero-order valence-electron chi connectivity index (χ0n) is 9.50. The molecule has 2 aliphatic rings. The van der Waals surface area contributed by atoms with Crippen molar-refractivity contribution in [3.05, 3.63) is 33.8 Å². The standard InChI is InChI=1S/C13H16Cl2N2/c14-11-2-1-7(6-12(11)15)13(17-16)10-4-8-3-9(8)5-10/h1-2,6,8-10,13,17H,3-5,16H2. The molecule has 2 nitrogen and oxygen atoms in total. The maximum Gasteiger partial charge on any atom is 0.0595 e. The monoisotopic (exact) mass is 270 g/mol. The summed E-state index contributed by atoms with van der Waals surface area (Å²) >= 11 is 12.0. The molecule has 17 heavy (non-hydrogen) atoms.